The fourth-order valence-corrected chi connectivity index (χ4v) is 4.18. The van der Waals surface area contributed by atoms with Crippen LogP contribution >= 0.6 is 19.4 Å². The molecule has 0 radical (unpaired) electrons. The number of benzene rings is 2. The summed E-state index contributed by atoms with van der Waals surface area (Å²) in [5.41, 5.74) is 1.64. The van der Waals surface area contributed by atoms with Crippen molar-refractivity contribution in [3.8, 4) is 5.75 Å². The molecule has 142 valence electrons. The average Bonchev–Trinajstić information content (AvgIpc) is 2.98. The van der Waals surface area contributed by atoms with Gasteiger partial charge in [0, 0.05) is 35.5 Å². The highest BCUT2D eigenvalue weighted by Gasteiger charge is 2.36. The molecule has 0 aromatic heterocycles. The molecule has 2 aromatic rings. The summed E-state index contributed by atoms with van der Waals surface area (Å²) in [4.78, 5) is 20.4. The molecule has 2 aromatic carbocycles. The van der Waals surface area contributed by atoms with Crippen molar-refractivity contribution in [1.82, 2.24) is 0 Å². The molecule has 0 saturated carbocycles. The number of phosphoric ester groups is 1. The summed E-state index contributed by atoms with van der Waals surface area (Å²) >= 11 is 6.17. The van der Waals surface area contributed by atoms with Gasteiger partial charge in [-0.15, -0.1) is 11.6 Å². The molecule has 0 aliphatic carbocycles. The monoisotopic (exact) mass is 401 g/mol. The largest absolute Gasteiger partial charge is 0.524 e. The maximum absolute atomic E-state index is 11.4. The van der Waals surface area contributed by atoms with E-state index in [4.69, 9.17) is 16.1 Å². The second kappa shape index (κ2) is 7.35. The van der Waals surface area contributed by atoms with Crippen LogP contribution in [0.2, 0.25) is 0 Å². The Hall–Kier alpha value is -1.34. The van der Waals surface area contributed by atoms with E-state index in [1.807, 2.05) is 17.0 Å². The Balaban J connectivity index is 2.22. The quantitative estimate of drug-likeness (QED) is 0.434. The first-order chi connectivity index (χ1) is 12.3. The van der Waals surface area contributed by atoms with Gasteiger partial charge < -0.3 is 19.6 Å². The van der Waals surface area contributed by atoms with E-state index in [0.717, 1.165) is 10.9 Å². The van der Waals surface area contributed by atoms with Crippen molar-refractivity contribution in [3.63, 3.8) is 0 Å². The van der Waals surface area contributed by atoms with Crippen LogP contribution in [0.15, 0.2) is 30.3 Å². The molecule has 4 N–H and O–H groups in total. The topological polar surface area (TPSA) is 110 Å². The first-order valence-corrected chi connectivity index (χ1v) is 10.3. The van der Waals surface area contributed by atoms with Gasteiger partial charge in [-0.2, -0.15) is 0 Å². The molecule has 0 bridgehead atoms. The van der Waals surface area contributed by atoms with Gasteiger partial charge in [-0.05, 0) is 17.9 Å². The summed E-state index contributed by atoms with van der Waals surface area (Å²) < 4.78 is 16.3. The van der Waals surface area contributed by atoms with Gasteiger partial charge in [0.25, 0.3) is 0 Å². The highest BCUT2D eigenvalue weighted by molar-refractivity contribution is 7.46. The van der Waals surface area contributed by atoms with Crippen molar-refractivity contribution in [2.24, 2.45) is 0 Å². The van der Waals surface area contributed by atoms with Crippen molar-refractivity contribution in [2.75, 3.05) is 23.9 Å². The highest BCUT2D eigenvalue weighted by Crippen LogP contribution is 2.49. The van der Waals surface area contributed by atoms with Gasteiger partial charge in [0.05, 0.1) is 18.8 Å². The van der Waals surface area contributed by atoms with Crippen LogP contribution < -0.4 is 9.42 Å². The van der Waals surface area contributed by atoms with Gasteiger partial charge in [0.1, 0.15) is 5.75 Å². The third-order valence-corrected chi connectivity index (χ3v) is 5.61. The molecular formula is C17H21ClNO6P. The Labute approximate surface area is 156 Å². The van der Waals surface area contributed by atoms with E-state index in [9.17, 15) is 24.6 Å². The average molecular weight is 402 g/mol. The fraction of sp³-hybridized carbons (Fsp3) is 0.412. The van der Waals surface area contributed by atoms with Crippen molar-refractivity contribution < 1.29 is 29.1 Å². The lowest BCUT2D eigenvalue weighted by Gasteiger charge is -2.31. The second-order valence-electron chi connectivity index (χ2n) is 6.43. The first-order valence-electron chi connectivity index (χ1n) is 8.19. The molecule has 1 heterocycles. The molecule has 1 aliphatic rings. The Kier molecular flexibility index (Phi) is 5.49. The molecule has 3 rings (SSSR count). The van der Waals surface area contributed by atoms with Crippen molar-refractivity contribution in [3.05, 3.63) is 35.9 Å². The molecule has 0 unspecified atom stereocenters. The van der Waals surface area contributed by atoms with E-state index in [2.05, 4.69) is 0 Å². The number of rotatable bonds is 6. The zero-order chi connectivity index (χ0) is 19.1. The number of hydrogen-bond donors (Lipinski definition) is 4. The maximum atomic E-state index is 11.4. The molecule has 3 atom stereocenters. The number of aliphatic hydroxyl groups excluding tert-OH is 2. The van der Waals surface area contributed by atoms with Crippen LogP contribution in [0.4, 0.5) is 5.69 Å². The molecule has 0 saturated heterocycles. The summed E-state index contributed by atoms with van der Waals surface area (Å²) in [6.07, 6.45) is -0.963. The van der Waals surface area contributed by atoms with Crippen LogP contribution in [-0.2, 0) is 4.57 Å². The van der Waals surface area contributed by atoms with E-state index in [1.165, 1.54) is 0 Å². The molecule has 9 heteroatoms. The van der Waals surface area contributed by atoms with Crippen LogP contribution in [0.5, 0.6) is 5.75 Å². The number of hydrogen-bond acceptors (Lipinski definition) is 5. The van der Waals surface area contributed by atoms with Gasteiger partial charge in [0.15, 0.2) is 0 Å². The molecule has 0 spiro atoms. The highest BCUT2D eigenvalue weighted by atomic mass is 35.5. The van der Waals surface area contributed by atoms with Crippen LogP contribution in [0.3, 0.4) is 0 Å². The van der Waals surface area contributed by atoms with E-state index >= 15 is 0 Å². The maximum Gasteiger partial charge on any atom is 0.524 e. The Bertz CT molecular complexity index is 857. The molecule has 1 aliphatic heterocycles. The normalized spacial score (nSPS) is 19.5. The standard InChI is InChI=1S/C17H21ClNO6P/c1-10(15(21)9-20)19-8-11(7-18)17-13-5-3-2-4-12(13)16(6-14(17)19)25-26(22,23)24/h2-6,10-11,15,20-21H,7-9H2,1H3,(H2,22,23,24)/t10-,11-,15+/m1/s1. The van der Waals surface area contributed by atoms with E-state index < -0.39 is 26.6 Å². The molecular weight excluding hydrogens is 381 g/mol. The number of nitrogens with zero attached hydrogens (tertiary/aromatic N) is 1. The van der Waals surface area contributed by atoms with Gasteiger partial charge >= 0.3 is 7.82 Å². The zero-order valence-corrected chi connectivity index (χ0v) is 15.8. The van der Waals surface area contributed by atoms with Gasteiger partial charge in [-0.3, -0.25) is 9.79 Å². The molecule has 26 heavy (non-hydrogen) atoms. The van der Waals surface area contributed by atoms with E-state index in [-0.39, 0.29) is 11.7 Å². The fourth-order valence-electron chi connectivity index (χ4n) is 3.52. The van der Waals surface area contributed by atoms with Gasteiger partial charge in [-0.25, -0.2) is 4.57 Å². The number of aliphatic hydroxyl groups is 2. The van der Waals surface area contributed by atoms with Crippen LogP contribution in [0.25, 0.3) is 10.8 Å². The van der Waals surface area contributed by atoms with Crippen molar-refractivity contribution >= 4 is 35.9 Å². The smallest absolute Gasteiger partial charge is 0.404 e. The van der Waals surface area contributed by atoms with Crippen molar-refractivity contribution in [2.45, 2.75) is 25.0 Å². The van der Waals surface area contributed by atoms with Gasteiger partial charge in [-0.1, -0.05) is 24.3 Å². The minimum Gasteiger partial charge on any atom is -0.404 e. The molecule has 0 fully saturated rings. The number of anilines is 1. The summed E-state index contributed by atoms with van der Waals surface area (Å²) in [5.74, 6) is 0.404. The lowest BCUT2D eigenvalue weighted by molar-refractivity contribution is 0.0765. The van der Waals surface area contributed by atoms with E-state index in [0.29, 0.717) is 23.5 Å². The Morgan fingerprint density at radius 2 is 2.00 bits per heavy atom. The SMILES string of the molecule is C[C@H]([C@@H](O)CO)N1C[C@@H](CCl)c2c1cc(OP(=O)(O)O)c1ccccc21. The summed E-state index contributed by atoms with van der Waals surface area (Å²) in [6.45, 7) is 1.92. The number of alkyl halides is 1. The predicted molar refractivity (Wildman–Crippen MR) is 100.0 cm³/mol. The lowest BCUT2D eigenvalue weighted by Crippen LogP contribution is -2.42. The predicted octanol–water partition coefficient (Wildman–Crippen LogP) is 2.20. The Morgan fingerprint density at radius 1 is 1.35 bits per heavy atom. The number of fused-ring (bicyclic) bond motifs is 3. The number of phosphoric acid groups is 1. The second-order valence-corrected chi connectivity index (χ2v) is 7.90. The van der Waals surface area contributed by atoms with E-state index in [1.54, 1.807) is 25.1 Å². The summed E-state index contributed by atoms with van der Waals surface area (Å²) in [5, 5.41) is 20.7. The summed E-state index contributed by atoms with van der Waals surface area (Å²) in [6, 6.07) is 8.36. The van der Waals surface area contributed by atoms with Crippen LogP contribution in [-0.4, -0.2) is 51.2 Å². The minimum atomic E-state index is -4.74. The lowest BCUT2D eigenvalue weighted by atomic mass is 9.95. The third kappa shape index (κ3) is 3.56. The first kappa shape index (κ1) is 19.4. The zero-order valence-electron chi connectivity index (χ0n) is 14.1. The van der Waals surface area contributed by atoms with Gasteiger partial charge in [0.2, 0.25) is 0 Å². The molecule has 0 amide bonds. The van der Waals surface area contributed by atoms with Crippen LogP contribution in [0, 0.1) is 0 Å². The number of halogens is 1. The third-order valence-electron chi connectivity index (χ3n) is 4.80. The van der Waals surface area contributed by atoms with Crippen molar-refractivity contribution in [1.29, 1.82) is 0 Å². The van der Waals surface area contributed by atoms with Crippen LogP contribution in [0.1, 0.15) is 18.4 Å². The molecule has 7 nitrogen and oxygen atoms in total. The minimum absolute atomic E-state index is 0.0194. The summed E-state index contributed by atoms with van der Waals surface area (Å²) in [7, 11) is -4.74. The Morgan fingerprint density at radius 3 is 2.58 bits per heavy atom.